The molecule has 21 heavy (non-hydrogen) atoms. The lowest BCUT2D eigenvalue weighted by Gasteiger charge is -2.08. The summed E-state index contributed by atoms with van der Waals surface area (Å²) >= 11 is 0. The van der Waals surface area contributed by atoms with Gasteiger partial charge in [0.2, 0.25) is 5.91 Å². The number of rotatable bonds is 4. The van der Waals surface area contributed by atoms with Gasteiger partial charge in [-0.05, 0) is 42.3 Å². The molecule has 0 aliphatic heterocycles. The van der Waals surface area contributed by atoms with Crippen LogP contribution in [0.15, 0.2) is 53.7 Å². The zero-order valence-electron chi connectivity index (χ0n) is 11.7. The smallest absolute Gasteiger partial charge is 0.228 e. The van der Waals surface area contributed by atoms with Crippen molar-refractivity contribution in [3.63, 3.8) is 0 Å². The van der Waals surface area contributed by atoms with Gasteiger partial charge in [0.05, 0.1) is 6.42 Å². The number of benzene rings is 2. The highest BCUT2D eigenvalue weighted by atomic mass is 16.4. The molecule has 0 radical (unpaired) electrons. The summed E-state index contributed by atoms with van der Waals surface area (Å²) in [6, 6.07) is 14.6. The molecule has 2 aromatic rings. The Morgan fingerprint density at radius 3 is 2.48 bits per heavy atom. The topological polar surface area (TPSA) is 87.7 Å². The molecule has 4 N–H and O–H groups in total. The van der Waals surface area contributed by atoms with Crippen LogP contribution < -0.4 is 11.1 Å². The van der Waals surface area contributed by atoms with E-state index < -0.39 is 0 Å². The fourth-order valence-electron chi connectivity index (χ4n) is 1.97. The molecule has 5 nitrogen and oxygen atoms in total. The summed E-state index contributed by atoms with van der Waals surface area (Å²) in [5.41, 5.74) is 8.83. The van der Waals surface area contributed by atoms with E-state index >= 15 is 0 Å². The number of nitrogens with one attached hydrogen (secondary N) is 1. The summed E-state index contributed by atoms with van der Waals surface area (Å²) in [5.74, 6) is -0.0476. The third kappa shape index (κ3) is 3.82. The van der Waals surface area contributed by atoms with E-state index in [-0.39, 0.29) is 11.7 Å². The number of nitrogens with two attached hydrogens (primary N) is 1. The lowest BCUT2D eigenvalue weighted by atomic mass is 10.1. The van der Waals surface area contributed by atoms with Crippen molar-refractivity contribution in [2.75, 3.05) is 5.32 Å². The van der Waals surface area contributed by atoms with Crippen molar-refractivity contribution in [3.05, 3.63) is 65.2 Å². The Kier molecular flexibility index (Phi) is 4.56. The second-order valence-corrected chi connectivity index (χ2v) is 4.71. The first kappa shape index (κ1) is 14.6. The Labute approximate surface area is 123 Å². The predicted octanol–water partition coefficient (Wildman–Crippen LogP) is 2.27. The van der Waals surface area contributed by atoms with E-state index in [1.54, 1.807) is 24.3 Å². The molecular weight excluding hydrogens is 266 g/mol. The molecule has 0 aliphatic rings. The van der Waals surface area contributed by atoms with Crippen LogP contribution in [0, 0.1) is 6.92 Å². The summed E-state index contributed by atoms with van der Waals surface area (Å²) in [6.45, 7) is 1.98. The summed E-state index contributed by atoms with van der Waals surface area (Å²) in [6.07, 6.45) is 0.328. The Morgan fingerprint density at radius 2 is 1.86 bits per heavy atom. The highest BCUT2D eigenvalue weighted by molar-refractivity contribution is 5.98. The number of oxime groups is 1. The number of hydrogen-bond acceptors (Lipinski definition) is 3. The van der Waals surface area contributed by atoms with Crippen molar-refractivity contribution in [2.45, 2.75) is 13.3 Å². The molecule has 0 aromatic heterocycles. The number of nitrogens with zero attached hydrogens (tertiary/aromatic N) is 1. The van der Waals surface area contributed by atoms with E-state index in [0.29, 0.717) is 17.7 Å². The summed E-state index contributed by atoms with van der Waals surface area (Å²) in [4.78, 5) is 12.0. The number of aryl methyl sites for hydroxylation is 1. The second kappa shape index (κ2) is 6.56. The molecular formula is C16H17N3O2. The SMILES string of the molecule is Cc1ccccc1CC(=O)Nc1ccc(/C(N)=N/O)cc1. The van der Waals surface area contributed by atoms with Gasteiger partial charge < -0.3 is 16.3 Å². The van der Waals surface area contributed by atoms with Gasteiger partial charge in [0, 0.05) is 11.3 Å². The van der Waals surface area contributed by atoms with Crippen molar-refractivity contribution in [2.24, 2.45) is 10.9 Å². The highest BCUT2D eigenvalue weighted by Gasteiger charge is 2.06. The molecule has 108 valence electrons. The number of amides is 1. The Balaban J connectivity index is 2.02. The van der Waals surface area contributed by atoms with Crippen LogP contribution in [0.1, 0.15) is 16.7 Å². The van der Waals surface area contributed by atoms with Gasteiger partial charge in [0.15, 0.2) is 5.84 Å². The monoisotopic (exact) mass is 283 g/mol. The second-order valence-electron chi connectivity index (χ2n) is 4.71. The minimum atomic E-state index is -0.0825. The van der Waals surface area contributed by atoms with Crippen LogP contribution in [0.25, 0.3) is 0 Å². The van der Waals surface area contributed by atoms with Crippen molar-refractivity contribution >= 4 is 17.4 Å². The molecule has 0 heterocycles. The van der Waals surface area contributed by atoms with Crippen LogP contribution in [0.2, 0.25) is 0 Å². The first-order valence-corrected chi connectivity index (χ1v) is 6.52. The van der Waals surface area contributed by atoms with E-state index in [2.05, 4.69) is 10.5 Å². The summed E-state index contributed by atoms with van der Waals surface area (Å²) in [7, 11) is 0. The van der Waals surface area contributed by atoms with Gasteiger partial charge in [-0.1, -0.05) is 29.4 Å². The molecule has 0 unspecified atom stereocenters. The van der Waals surface area contributed by atoms with E-state index in [0.717, 1.165) is 11.1 Å². The van der Waals surface area contributed by atoms with Crippen molar-refractivity contribution in [1.82, 2.24) is 0 Å². The number of amidine groups is 1. The standard InChI is InChI=1S/C16H17N3O2/c1-11-4-2-3-5-13(11)10-15(20)18-14-8-6-12(7-9-14)16(17)19-21/h2-9,21H,10H2,1H3,(H2,17,19)(H,18,20). The largest absolute Gasteiger partial charge is 0.409 e. The molecule has 0 saturated carbocycles. The van der Waals surface area contributed by atoms with Crippen molar-refractivity contribution < 1.29 is 10.0 Å². The highest BCUT2D eigenvalue weighted by Crippen LogP contribution is 2.12. The average Bonchev–Trinajstić information content (AvgIpc) is 2.49. The van der Waals surface area contributed by atoms with E-state index in [1.165, 1.54) is 0 Å². The van der Waals surface area contributed by atoms with Gasteiger partial charge in [0.1, 0.15) is 0 Å². The maximum Gasteiger partial charge on any atom is 0.228 e. The van der Waals surface area contributed by atoms with Crippen LogP contribution in [-0.4, -0.2) is 17.0 Å². The molecule has 0 saturated heterocycles. The van der Waals surface area contributed by atoms with Gasteiger partial charge in [-0.3, -0.25) is 4.79 Å². The van der Waals surface area contributed by atoms with Gasteiger partial charge >= 0.3 is 0 Å². The average molecular weight is 283 g/mol. The maximum atomic E-state index is 12.0. The Morgan fingerprint density at radius 1 is 1.19 bits per heavy atom. The third-order valence-electron chi connectivity index (χ3n) is 3.18. The first-order valence-electron chi connectivity index (χ1n) is 6.52. The van der Waals surface area contributed by atoms with Crippen LogP contribution in [0.3, 0.4) is 0 Å². The molecule has 0 bridgehead atoms. The molecule has 2 rings (SSSR count). The van der Waals surface area contributed by atoms with Gasteiger partial charge in [-0.15, -0.1) is 0 Å². The molecule has 1 amide bonds. The third-order valence-corrected chi connectivity index (χ3v) is 3.18. The molecule has 0 spiro atoms. The van der Waals surface area contributed by atoms with E-state index in [1.807, 2.05) is 31.2 Å². The van der Waals surface area contributed by atoms with Crippen LogP contribution in [-0.2, 0) is 11.2 Å². The number of carbonyl (C=O) groups is 1. The first-order chi connectivity index (χ1) is 10.1. The summed E-state index contributed by atoms with van der Waals surface area (Å²) in [5, 5.41) is 14.3. The molecule has 0 aliphatic carbocycles. The normalized spacial score (nSPS) is 11.2. The minimum Gasteiger partial charge on any atom is -0.409 e. The maximum absolute atomic E-state index is 12.0. The van der Waals surface area contributed by atoms with E-state index in [4.69, 9.17) is 10.9 Å². The fourth-order valence-corrected chi connectivity index (χ4v) is 1.97. The molecule has 0 atom stereocenters. The number of carbonyl (C=O) groups excluding carboxylic acids is 1. The van der Waals surface area contributed by atoms with Crippen molar-refractivity contribution in [3.8, 4) is 0 Å². The molecule has 2 aromatic carbocycles. The van der Waals surface area contributed by atoms with Crippen LogP contribution in [0.5, 0.6) is 0 Å². The molecule has 0 fully saturated rings. The van der Waals surface area contributed by atoms with Gasteiger partial charge in [-0.25, -0.2) is 0 Å². The zero-order valence-corrected chi connectivity index (χ0v) is 11.7. The molecule has 5 heteroatoms. The Hall–Kier alpha value is -2.82. The zero-order chi connectivity index (χ0) is 15.2. The Bertz CT molecular complexity index is 663. The predicted molar refractivity (Wildman–Crippen MR) is 82.5 cm³/mol. The number of hydrogen-bond donors (Lipinski definition) is 3. The minimum absolute atomic E-state index is 0.0350. The van der Waals surface area contributed by atoms with Gasteiger partial charge in [0.25, 0.3) is 0 Å². The van der Waals surface area contributed by atoms with Crippen LogP contribution >= 0.6 is 0 Å². The fraction of sp³-hybridized carbons (Fsp3) is 0.125. The van der Waals surface area contributed by atoms with Crippen LogP contribution in [0.4, 0.5) is 5.69 Å². The summed E-state index contributed by atoms with van der Waals surface area (Å²) < 4.78 is 0. The van der Waals surface area contributed by atoms with Crippen molar-refractivity contribution in [1.29, 1.82) is 0 Å². The number of anilines is 1. The lowest BCUT2D eigenvalue weighted by molar-refractivity contribution is -0.115. The van der Waals surface area contributed by atoms with Gasteiger partial charge in [-0.2, -0.15) is 0 Å². The quantitative estimate of drug-likeness (QED) is 0.348. The van der Waals surface area contributed by atoms with E-state index in [9.17, 15) is 4.79 Å². The lowest BCUT2D eigenvalue weighted by Crippen LogP contribution is -2.16.